The number of nitrogens with zero attached hydrogens (tertiary/aromatic N) is 2. The molecule has 0 aliphatic rings. The Hall–Kier alpha value is -1.32. The van der Waals surface area contributed by atoms with Gasteiger partial charge < -0.3 is 0 Å². The largest absolute Gasteiger partial charge is 0.198 e. The molecule has 0 atom stereocenters. The maximum atomic E-state index is 8.47. The van der Waals surface area contributed by atoms with Crippen LogP contribution in [0.3, 0.4) is 0 Å². The normalized spacial score (nSPS) is 8.55. The second-order valence-corrected chi connectivity index (χ2v) is 3.07. The molecule has 0 radical (unpaired) electrons. The van der Waals surface area contributed by atoms with Gasteiger partial charge in [-0.25, -0.2) is 0 Å². The molecule has 0 bridgehead atoms. The van der Waals surface area contributed by atoms with Crippen molar-refractivity contribution in [3.63, 3.8) is 0 Å². The zero-order chi connectivity index (χ0) is 8.10. The lowest BCUT2D eigenvalue weighted by Crippen LogP contribution is -1.75. The van der Waals surface area contributed by atoms with Crippen molar-refractivity contribution in [2.24, 2.45) is 0 Å². The topological polar surface area (TPSA) is 47.6 Å². The van der Waals surface area contributed by atoms with Crippen LogP contribution in [0.25, 0.3) is 0 Å². The summed E-state index contributed by atoms with van der Waals surface area (Å²) >= 11 is 1.54. The molecular formula is C8H6N2S. The Bertz CT molecular complexity index is 314. The number of thiophene rings is 1. The van der Waals surface area contributed by atoms with Crippen molar-refractivity contribution < 1.29 is 0 Å². The van der Waals surface area contributed by atoms with Gasteiger partial charge in [-0.1, -0.05) is 0 Å². The summed E-state index contributed by atoms with van der Waals surface area (Å²) < 4.78 is 0. The van der Waals surface area contributed by atoms with Crippen LogP contribution >= 0.6 is 11.3 Å². The van der Waals surface area contributed by atoms with Crippen molar-refractivity contribution in [1.82, 2.24) is 0 Å². The standard InChI is InChI=1S/C8H6N2S/c9-3-1-2-8-4-7(5-10)6-11-8/h4,6H,1-2H2. The van der Waals surface area contributed by atoms with E-state index in [1.54, 1.807) is 11.3 Å². The van der Waals surface area contributed by atoms with E-state index in [0.29, 0.717) is 12.0 Å². The van der Waals surface area contributed by atoms with E-state index >= 15 is 0 Å². The summed E-state index contributed by atoms with van der Waals surface area (Å²) in [5.41, 5.74) is 0.697. The minimum atomic E-state index is 0.533. The van der Waals surface area contributed by atoms with Crippen LogP contribution in [0.15, 0.2) is 11.4 Å². The highest BCUT2D eigenvalue weighted by Gasteiger charge is 1.97. The van der Waals surface area contributed by atoms with Crippen molar-refractivity contribution in [2.45, 2.75) is 12.8 Å². The van der Waals surface area contributed by atoms with Crippen LogP contribution in [0, 0.1) is 22.7 Å². The average molecular weight is 162 g/mol. The Kier molecular flexibility index (Phi) is 2.66. The summed E-state index contributed by atoms with van der Waals surface area (Å²) in [6, 6.07) is 5.95. The van der Waals surface area contributed by atoms with Gasteiger partial charge in [-0.2, -0.15) is 10.5 Å². The molecule has 0 amide bonds. The van der Waals surface area contributed by atoms with Gasteiger partial charge in [0.1, 0.15) is 0 Å². The Morgan fingerprint density at radius 3 is 2.82 bits per heavy atom. The Morgan fingerprint density at radius 1 is 1.45 bits per heavy atom. The smallest absolute Gasteiger partial charge is 0.1000 e. The molecule has 0 aromatic carbocycles. The third-order valence-electron chi connectivity index (χ3n) is 1.27. The molecule has 11 heavy (non-hydrogen) atoms. The van der Waals surface area contributed by atoms with Gasteiger partial charge >= 0.3 is 0 Å². The Morgan fingerprint density at radius 2 is 2.27 bits per heavy atom. The molecule has 0 unspecified atom stereocenters. The van der Waals surface area contributed by atoms with E-state index in [4.69, 9.17) is 10.5 Å². The van der Waals surface area contributed by atoms with Crippen LogP contribution < -0.4 is 0 Å². The van der Waals surface area contributed by atoms with Crippen molar-refractivity contribution in [1.29, 1.82) is 10.5 Å². The van der Waals surface area contributed by atoms with E-state index in [0.717, 1.165) is 11.3 Å². The van der Waals surface area contributed by atoms with Crippen molar-refractivity contribution in [3.8, 4) is 12.1 Å². The van der Waals surface area contributed by atoms with E-state index in [1.807, 2.05) is 11.4 Å². The molecular weight excluding hydrogens is 156 g/mol. The highest BCUT2D eigenvalue weighted by molar-refractivity contribution is 7.10. The SMILES string of the molecule is N#CCCc1cc(C#N)cs1. The molecule has 0 aliphatic carbocycles. The third-order valence-corrected chi connectivity index (χ3v) is 2.26. The fraction of sp³-hybridized carbons (Fsp3) is 0.250. The molecule has 3 heteroatoms. The lowest BCUT2D eigenvalue weighted by Gasteiger charge is -1.84. The molecule has 0 saturated heterocycles. The molecule has 1 aromatic heterocycles. The number of hydrogen-bond donors (Lipinski definition) is 0. The summed E-state index contributed by atoms with van der Waals surface area (Å²) in [6.07, 6.45) is 1.30. The van der Waals surface area contributed by atoms with Gasteiger partial charge in [-0.15, -0.1) is 11.3 Å². The number of aryl methyl sites for hydroxylation is 1. The summed E-state index contributed by atoms with van der Waals surface area (Å²) in [5, 5.41) is 18.6. The first-order valence-electron chi connectivity index (χ1n) is 3.21. The summed E-state index contributed by atoms with van der Waals surface area (Å²) in [5.74, 6) is 0. The lowest BCUT2D eigenvalue weighted by atomic mass is 10.2. The first kappa shape index (κ1) is 7.78. The van der Waals surface area contributed by atoms with Gasteiger partial charge in [0.25, 0.3) is 0 Å². The summed E-state index contributed by atoms with van der Waals surface area (Å²) in [6.45, 7) is 0. The molecule has 2 nitrogen and oxygen atoms in total. The van der Waals surface area contributed by atoms with Gasteiger partial charge in [0, 0.05) is 16.7 Å². The fourth-order valence-corrected chi connectivity index (χ4v) is 1.56. The molecule has 0 aliphatic heterocycles. The first-order valence-corrected chi connectivity index (χ1v) is 4.09. The quantitative estimate of drug-likeness (QED) is 0.668. The minimum absolute atomic E-state index is 0.533. The van der Waals surface area contributed by atoms with Crippen LogP contribution in [-0.2, 0) is 6.42 Å². The maximum absolute atomic E-state index is 8.47. The highest BCUT2D eigenvalue weighted by atomic mass is 32.1. The van der Waals surface area contributed by atoms with Crippen LogP contribution in [0.4, 0.5) is 0 Å². The van der Waals surface area contributed by atoms with Crippen LogP contribution in [0.2, 0.25) is 0 Å². The van der Waals surface area contributed by atoms with Crippen LogP contribution in [0.5, 0.6) is 0 Å². The fourth-order valence-electron chi connectivity index (χ4n) is 0.749. The molecule has 0 fully saturated rings. The zero-order valence-electron chi connectivity index (χ0n) is 5.87. The van der Waals surface area contributed by atoms with Crippen molar-refractivity contribution in [3.05, 3.63) is 21.9 Å². The van der Waals surface area contributed by atoms with Crippen molar-refractivity contribution >= 4 is 11.3 Å². The molecule has 54 valence electrons. The second kappa shape index (κ2) is 3.75. The van der Waals surface area contributed by atoms with Gasteiger partial charge in [-0.05, 0) is 12.5 Å². The Balaban J connectivity index is 2.62. The van der Waals surface area contributed by atoms with E-state index < -0.39 is 0 Å². The Labute approximate surface area is 69.3 Å². The zero-order valence-corrected chi connectivity index (χ0v) is 6.69. The second-order valence-electron chi connectivity index (χ2n) is 2.07. The number of rotatable bonds is 2. The summed E-state index contributed by atoms with van der Waals surface area (Å²) in [7, 11) is 0. The van der Waals surface area contributed by atoms with Gasteiger partial charge in [0.05, 0.1) is 17.7 Å². The predicted molar refractivity (Wildman–Crippen MR) is 43.0 cm³/mol. The van der Waals surface area contributed by atoms with E-state index in [9.17, 15) is 0 Å². The van der Waals surface area contributed by atoms with E-state index in [-0.39, 0.29) is 0 Å². The minimum Gasteiger partial charge on any atom is -0.198 e. The summed E-state index contributed by atoms with van der Waals surface area (Å²) in [4.78, 5) is 1.11. The van der Waals surface area contributed by atoms with Gasteiger partial charge in [0.2, 0.25) is 0 Å². The molecule has 1 rings (SSSR count). The van der Waals surface area contributed by atoms with E-state index in [2.05, 4.69) is 12.1 Å². The van der Waals surface area contributed by atoms with Crippen LogP contribution in [0.1, 0.15) is 16.9 Å². The van der Waals surface area contributed by atoms with Crippen LogP contribution in [-0.4, -0.2) is 0 Å². The van der Waals surface area contributed by atoms with Gasteiger partial charge in [-0.3, -0.25) is 0 Å². The lowest BCUT2D eigenvalue weighted by molar-refractivity contribution is 1.04. The third kappa shape index (κ3) is 2.07. The van der Waals surface area contributed by atoms with Gasteiger partial charge in [0.15, 0.2) is 0 Å². The molecule has 0 saturated carbocycles. The maximum Gasteiger partial charge on any atom is 0.1000 e. The molecule has 0 spiro atoms. The number of hydrogen-bond acceptors (Lipinski definition) is 3. The molecule has 1 heterocycles. The van der Waals surface area contributed by atoms with Crippen molar-refractivity contribution in [2.75, 3.05) is 0 Å². The molecule has 1 aromatic rings. The first-order chi connectivity index (χ1) is 5.36. The average Bonchev–Trinajstić information content (AvgIpc) is 2.48. The number of nitriles is 2. The monoisotopic (exact) mass is 162 g/mol. The highest BCUT2D eigenvalue weighted by Crippen LogP contribution is 2.14. The predicted octanol–water partition coefficient (Wildman–Crippen LogP) is 2.08. The van der Waals surface area contributed by atoms with E-state index in [1.165, 1.54) is 0 Å². The molecule has 0 N–H and O–H groups in total.